The number of piperidine rings is 1. The molecule has 2 saturated heterocycles. The van der Waals surface area contributed by atoms with Crippen molar-refractivity contribution in [3.63, 3.8) is 0 Å². The van der Waals surface area contributed by atoms with Crippen molar-refractivity contribution >= 4 is 10.9 Å². The normalized spacial score (nSPS) is 18.6. The first kappa shape index (κ1) is 22.1. The maximum absolute atomic E-state index is 13.6. The molecule has 8 nitrogen and oxygen atoms in total. The van der Waals surface area contributed by atoms with Crippen molar-refractivity contribution in [2.24, 2.45) is 5.73 Å². The van der Waals surface area contributed by atoms with Gasteiger partial charge in [-0.25, -0.2) is 8.78 Å². The topological polar surface area (TPSA) is 94.2 Å². The Morgan fingerprint density at radius 2 is 1.83 bits per heavy atom. The molecule has 4 heterocycles. The molecule has 182 valence electrons. The summed E-state index contributed by atoms with van der Waals surface area (Å²) in [5, 5.41) is 13.0. The first-order valence-electron chi connectivity index (χ1n) is 11.8. The highest BCUT2D eigenvalue weighted by atomic mass is 19.1. The van der Waals surface area contributed by atoms with Gasteiger partial charge in [0, 0.05) is 41.9 Å². The van der Waals surface area contributed by atoms with Gasteiger partial charge in [-0.1, -0.05) is 0 Å². The molecule has 2 aromatic heterocycles. The van der Waals surface area contributed by atoms with Crippen LogP contribution in [0, 0.1) is 11.6 Å². The van der Waals surface area contributed by atoms with E-state index >= 15 is 0 Å². The smallest absolute Gasteiger partial charge is 0.174 e. The molecule has 3 N–H and O–H groups in total. The van der Waals surface area contributed by atoms with E-state index in [2.05, 4.69) is 20.2 Å². The fraction of sp³-hybridized carbons (Fsp3) is 0.360. The molecule has 6 rings (SSSR count). The SMILES string of the molecule is N[C@@H](Oc1ccc2[nH]nc(-c3cnn(C4CCN(C5COC5)CC4)c3)c2c1)c1cc(F)cc(F)c1. The van der Waals surface area contributed by atoms with Crippen molar-refractivity contribution in [2.75, 3.05) is 26.3 Å². The van der Waals surface area contributed by atoms with Gasteiger partial charge in [0.05, 0.1) is 37.0 Å². The lowest BCUT2D eigenvalue weighted by Crippen LogP contribution is -2.51. The summed E-state index contributed by atoms with van der Waals surface area (Å²) in [7, 11) is 0. The van der Waals surface area contributed by atoms with Crippen LogP contribution in [0.3, 0.4) is 0 Å². The van der Waals surface area contributed by atoms with E-state index in [-0.39, 0.29) is 5.56 Å². The van der Waals surface area contributed by atoms with Crippen LogP contribution in [0.2, 0.25) is 0 Å². The molecule has 2 aromatic carbocycles. The average Bonchev–Trinajstić information content (AvgIpc) is 3.45. The van der Waals surface area contributed by atoms with Gasteiger partial charge in [-0.3, -0.25) is 20.4 Å². The minimum absolute atomic E-state index is 0.215. The molecule has 10 heteroatoms. The van der Waals surface area contributed by atoms with E-state index in [1.54, 1.807) is 6.07 Å². The van der Waals surface area contributed by atoms with Crippen LogP contribution in [0.1, 0.15) is 30.7 Å². The number of aromatic nitrogens is 4. The lowest BCUT2D eigenvalue weighted by atomic mass is 10.0. The lowest BCUT2D eigenvalue weighted by Gasteiger charge is -2.41. The third-order valence-electron chi connectivity index (χ3n) is 6.90. The molecule has 2 fully saturated rings. The molecule has 0 radical (unpaired) electrons. The van der Waals surface area contributed by atoms with Crippen LogP contribution in [0.15, 0.2) is 48.8 Å². The van der Waals surface area contributed by atoms with E-state index in [0.29, 0.717) is 17.8 Å². The fourth-order valence-electron chi connectivity index (χ4n) is 4.85. The standard InChI is InChI=1S/C25H26F2N6O2/c26-17-7-15(8-18(27)9-17)25(28)35-21-1-2-23-22(10-21)24(31-30-23)16-11-29-33(12-16)19-3-5-32(6-4-19)20-13-34-14-20/h1-2,7-12,19-20,25H,3-6,13-14,28H2,(H,30,31)/t25-/m0/s1. The van der Waals surface area contributed by atoms with Crippen molar-refractivity contribution < 1.29 is 18.3 Å². The molecule has 0 bridgehead atoms. The number of hydrogen-bond donors (Lipinski definition) is 2. The monoisotopic (exact) mass is 480 g/mol. The third kappa shape index (κ3) is 4.40. The molecule has 4 aromatic rings. The number of benzene rings is 2. The van der Waals surface area contributed by atoms with Crippen LogP contribution >= 0.6 is 0 Å². The summed E-state index contributed by atoms with van der Waals surface area (Å²) < 4.78 is 40.3. The van der Waals surface area contributed by atoms with Crippen molar-refractivity contribution in [1.82, 2.24) is 24.9 Å². The summed E-state index contributed by atoms with van der Waals surface area (Å²) in [5.41, 5.74) is 8.77. The number of nitrogens with one attached hydrogen (secondary N) is 1. The number of aromatic amines is 1. The maximum atomic E-state index is 13.6. The van der Waals surface area contributed by atoms with Crippen LogP contribution in [-0.2, 0) is 4.74 Å². The fourth-order valence-corrected chi connectivity index (χ4v) is 4.85. The Balaban J connectivity index is 1.19. The summed E-state index contributed by atoms with van der Waals surface area (Å²) in [6.45, 7) is 3.79. The molecule has 2 aliphatic heterocycles. The average molecular weight is 481 g/mol. The second kappa shape index (κ2) is 9.03. The predicted molar refractivity (Wildman–Crippen MR) is 126 cm³/mol. The van der Waals surface area contributed by atoms with E-state index in [0.717, 1.165) is 79.5 Å². The quantitative estimate of drug-likeness (QED) is 0.408. The minimum Gasteiger partial charge on any atom is -0.471 e. The number of nitrogens with zero attached hydrogens (tertiary/aromatic N) is 4. The van der Waals surface area contributed by atoms with Gasteiger partial charge in [0.2, 0.25) is 0 Å². The van der Waals surface area contributed by atoms with Gasteiger partial charge >= 0.3 is 0 Å². The van der Waals surface area contributed by atoms with Crippen LogP contribution in [0.25, 0.3) is 22.2 Å². The van der Waals surface area contributed by atoms with Gasteiger partial charge < -0.3 is 9.47 Å². The first-order valence-corrected chi connectivity index (χ1v) is 11.8. The van der Waals surface area contributed by atoms with Gasteiger partial charge in [0.1, 0.15) is 23.1 Å². The zero-order valence-electron chi connectivity index (χ0n) is 19.0. The highest BCUT2D eigenvalue weighted by molar-refractivity contribution is 5.93. The second-order valence-electron chi connectivity index (χ2n) is 9.19. The number of nitrogens with two attached hydrogens (primary N) is 1. The zero-order chi connectivity index (χ0) is 23.9. The number of rotatable bonds is 6. The molecule has 0 unspecified atom stereocenters. The Labute approximate surface area is 200 Å². The molecule has 1 atom stereocenters. The Kier molecular flexibility index (Phi) is 5.71. The van der Waals surface area contributed by atoms with Crippen molar-refractivity contribution in [2.45, 2.75) is 31.2 Å². The van der Waals surface area contributed by atoms with Gasteiger partial charge in [-0.15, -0.1) is 0 Å². The summed E-state index contributed by atoms with van der Waals surface area (Å²) in [6.07, 6.45) is 4.95. The van der Waals surface area contributed by atoms with Crippen molar-refractivity contribution in [3.05, 3.63) is 66.0 Å². The second-order valence-corrected chi connectivity index (χ2v) is 9.19. The van der Waals surface area contributed by atoms with Crippen molar-refractivity contribution in [3.8, 4) is 17.0 Å². The first-order chi connectivity index (χ1) is 17.0. The largest absolute Gasteiger partial charge is 0.471 e. The Morgan fingerprint density at radius 3 is 2.54 bits per heavy atom. The van der Waals surface area contributed by atoms with Gasteiger partial charge in [-0.05, 0) is 43.2 Å². The van der Waals surface area contributed by atoms with E-state index in [4.69, 9.17) is 15.2 Å². The van der Waals surface area contributed by atoms with E-state index in [1.807, 2.05) is 29.2 Å². The number of H-pyrrole nitrogens is 1. The molecular formula is C25H26F2N6O2. The number of hydrogen-bond acceptors (Lipinski definition) is 6. The highest BCUT2D eigenvalue weighted by Gasteiger charge is 2.30. The molecule has 0 amide bonds. The summed E-state index contributed by atoms with van der Waals surface area (Å²) in [4.78, 5) is 2.51. The van der Waals surface area contributed by atoms with E-state index in [9.17, 15) is 8.78 Å². The maximum Gasteiger partial charge on any atom is 0.174 e. The molecule has 0 aliphatic carbocycles. The Morgan fingerprint density at radius 1 is 1.06 bits per heavy atom. The number of halogens is 2. The Hall–Kier alpha value is -3.34. The van der Waals surface area contributed by atoms with Crippen LogP contribution in [0.5, 0.6) is 5.75 Å². The summed E-state index contributed by atoms with van der Waals surface area (Å²) >= 11 is 0. The van der Waals surface area contributed by atoms with E-state index in [1.165, 1.54) is 0 Å². The van der Waals surface area contributed by atoms with Gasteiger partial charge in [-0.2, -0.15) is 10.2 Å². The number of ether oxygens (including phenoxy) is 2. The Bertz CT molecular complexity index is 1320. The minimum atomic E-state index is -1.02. The molecular weight excluding hydrogens is 454 g/mol. The summed E-state index contributed by atoms with van der Waals surface area (Å²) in [6, 6.07) is 9.45. The lowest BCUT2D eigenvalue weighted by molar-refractivity contribution is -0.0734. The number of fused-ring (bicyclic) bond motifs is 1. The third-order valence-corrected chi connectivity index (χ3v) is 6.90. The predicted octanol–water partition coefficient (Wildman–Crippen LogP) is 3.78. The summed E-state index contributed by atoms with van der Waals surface area (Å²) in [5.74, 6) is -0.935. The van der Waals surface area contributed by atoms with Crippen LogP contribution in [0.4, 0.5) is 8.78 Å². The van der Waals surface area contributed by atoms with Crippen LogP contribution < -0.4 is 10.5 Å². The zero-order valence-corrected chi connectivity index (χ0v) is 19.0. The molecule has 0 spiro atoms. The van der Waals surface area contributed by atoms with Gasteiger partial charge in [0.25, 0.3) is 0 Å². The van der Waals surface area contributed by atoms with Crippen molar-refractivity contribution in [1.29, 1.82) is 0 Å². The van der Waals surface area contributed by atoms with Crippen LogP contribution in [-0.4, -0.2) is 57.2 Å². The molecule has 35 heavy (non-hydrogen) atoms. The van der Waals surface area contributed by atoms with E-state index < -0.39 is 17.9 Å². The molecule has 2 aliphatic rings. The number of likely N-dealkylation sites (tertiary alicyclic amines) is 1. The molecule has 0 saturated carbocycles. The van der Waals surface area contributed by atoms with Gasteiger partial charge in [0.15, 0.2) is 6.23 Å². The highest BCUT2D eigenvalue weighted by Crippen LogP contribution is 2.32.